The Morgan fingerprint density at radius 2 is 1.93 bits per heavy atom. The van der Waals surface area contributed by atoms with Crippen molar-refractivity contribution in [2.75, 3.05) is 0 Å². The topological polar surface area (TPSA) is 93.8 Å². The van der Waals surface area contributed by atoms with Gasteiger partial charge in [-0.05, 0) is 31.2 Å². The van der Waals surface area contributed by atoms with Gasteiger partial charge in [0.1, 0.15) is 5.69 Å². The van der Waals surface area contributed by atoms with E-state index >= 15 is 0 Å². The van der Waals surface area contributed by atoms with Crippen molar-refractivity contribution in [2.24, 2.45) is 7.05 Å². The lowest BCUT2D eigenvalue weighted by atomic mass is 10.1. The van der Waals surface area contributed by atoms with Crippen molar-refractivity contribution in [1.82, 2.24) is 34.6 Å². The maximum absolute atomic E-state index is 12.7. The summed E-state index contributed by atoms with van der Waals surface area (Å²) in [5, 5.41) is 13.3. The molecular weight excluding hydrogens is 342 g/mol. The second kappa shape index (κ2) is 5.60. The van der Waals surface area contributed by atoms with Gasteiger partial charge in [-0.25, -0.2) is 9.50 Å². The minimum absolute atomic E-state index is 0.0153. The molecule has 4 aromatic heterocycles. The maximum atomic E-state index is 12.7. The van der Waals surface area contributed by atoms with Crippen LogP contribution in [0.4, 0.5) is 0 Å². The lowest BCUT2D eigenvalue weighted by Crippen LogP contribution is -2.09. The molecule has 0 atom stereocenters. The molecule has 0 amide bonds. The van der Waals surface area contributed by atoms with E-state index in [9.17, 15) is 4.79 Å². The largest absolute Gasteiger partial charge is 0.351 e. The van der Waals surface area contributed by atoms with E-state index in [0.717, 1.165) is 16.8 Å². The minimum atomic E-state index is -0.0153. The number of pyridine rings is 2. The summed E-state index contributed by atoms with van der Waals surface area (Å²) in [5.74, 6) is 0.478. The van der Waals surface area contributed by atoms with Crippen LogP contribution in [-0.4, -0.2) is 34.6 Å². The fourth-order valence-electron chi connectivity index (χ4n) is 3.18. The van der Waals surface area contributed by atoms with E-state index in [4.69, 9.17) is 0 Å². The highest BCUT2D eigenvalue weighted by molar-refractivity contribution is 5.82. The zero-order valence-corrected chi connectivity index (χ0v) is 14.7. The molecule has 4 heterocycles. The zero-order valence-electron chi connectivity index (χ0n) is 14.7. The average Bonchev–Trinajstić information content (AvgIpc) is 3.30. The fraction of sp³-hybridized carbons (Fsp3) is 0.105. The molecule has 0 aliphatic carbocycles. The van der Waals surface area contributed by atoms with Gasteiger partial charge in [-0.15, -0.1) is 10.2 Å². The molecule has 8 nitrogen and oxygen atoms in total. The third-order valence-corrected chi connectivity index (χ3v) is 4.60. The lowest BCUT2D eigenvalue weighted by molar-refractivity contribution is 0.715. The first kappa shape index (κ1) is 15.4. The Kier molecular flexibility index (Phi) is 3.20. The quantitative estimate of drug-likeness (QED) is 0.523. The Labute approximate surface area is 153 Å². The summed E-state index contributed by atoms with van der Waals surface area (Å²) in [6.45, 7) is 1.79. The lowest BCUT2D eigenvalue weighted by Gasteiger charge is -2.04. The van der Waals surface area contributed by atoms with E-state index in [-0.39, 0.29) is 5.43 Å². The Hall–Kier alpha value is -3.81. The van der Waals surface area contributed by atoms with Gasteiger partial charge in [0.2, 0.25) is 0 Å². The molecule has 132 valence electrons. The molecule has 0 unspecified atom stereocenters. The molecule has 0 aliphatic rings. The standard InChI is InChI=1S/C19H15N7O/c1-11-17(20-14-6-4-3-5-13(14)18(11)27)19-21-16-8-7-12(9-26(16)23-19)15-10-25(2)24-22-15/h3-10H,1-2H3,(H,20,27). The van der Waals surface area contributed by atoms with Gasteiger partial charge in [-0.1, -0.05) is 17.3 Å². The molecule has 1 aromatic carbocycles. The summed E-state index contributed by atoms with van der Waals surface area (Å²) < 4.78 is 3.34. The number of H-pyrrole nitrogens is 1. The van der Waals surface area contributed by atoms with Crippen LogP contribution in [0.5, 0.6) is 0 Å². The van der Waals surface area contributed by atoms with Crippen LogP contribution in [0, 0.1) is 6.92 Å². The first-order valence-corrected chi connectivity index (χ1v) is 8.45. The van der Waals surface area contributed by atoms with Crippen LogP contribution in [0.1, 0.15) is 5.56 Å². The van der Waals surface area contributed by atoms with Gasteiger partial charge in [0, 0.05) is 35.3 Å². The van der Waals surface area contributed by atoms with Crippen LogP contribution in [0.2, 0.25) is 0 Å². The van der Waals surface area contributed by atoms with Crippen LogP contribution < -0.4 is 5.43 Å². The van der Waals surface area contributed by atoms with Crippen LogP contribution in [0.25, 0.3) is 39.3 Å². The Bertz CT molecular complexity index is 1380. The summed E-state index contributed by atoms with van der Waals surface area (Å²) in [5.41, 5.74) is 4.30. The fourth-order valence-corrected chi connectivity index (χ4v) is 3.18. The van der Waals surface area contributed by atoms with Crippen molar-refractivity contribution in [3.8, 4) is 22.8 Å². The molecule has 0 saturated carbocycles. The summed E-state index contributed by atoms with van der Waals surface area (Å²) in [6, 6.07) is 11.2. The van der Waals surface area contributed by atoms with Gasteiger partial charge in [0.05, 0.1) is 11.9 Å². The number of aromatic amines is 1. The van der Waals surface area contributed by atoms with Crippen molar-refractivity contribution in [3.05, 3.63) is 64.6 Å². The highest BCUT2D eigenvalue weighted by Crippen LogP contribution is 2.22. The van der Waals surface area contributed by atoms with Crippen molar-refractivity contribution >= 4 is 16.6 Å². The molecule has 0 spiro atoms. The van der Waals surface area contributed by atoms with Crippen molar-refractivity contribution in [3.63, 3.8) is 0 Å². The second-order valence-electron chi connectivity index (χ2n) is 6.43. The monoisotopic (exact) mass is 357 g/mol. The molecule has 0 radical (unpaired) electrons. The zero-order chi connectivity index (χ0) is 18.5. The molecule has 8 heteroatoms. The number of nitrogens with one attached hydrogen (secondary N) is 1. The SMILES string of the molecule is Cc1c(-c2nc3ccc(-c4cn(C)nn4)cn3n2)[nH]c2ccccc2c1=O. The number of benzene rings is 1. The van der Waals surface area contributed by atoms with Crippen LogP contribution >= 0.6 is 0 Å². The van der Waals surface area contributed by atoms with Crippen molar-refractivity contribution < 1.29 is 0 Å². The van der Waals surface area contributed by atoms with Crippen LogP contribution in [-0.2, 0) is 7.05 Å². The molecule has 5 aromatic rings. The molecule has 0 saturated heterocycles. The summed E-state index contributed by atoms with van der Waals surface area (Å²) in [6.07, 6.45) is 3.69. The number of rotatable bonds is 2. The van der Waals surface area contributed by atoms with Crippen LogP contribution in [0.3, 0.4) is 0 Å². The van der Waals surface area contributed by atoms with E-state index < -0.39 is 0 Å². The summed E-state index contributed by atoms with van der Waals surface area (Å²) >= 11 is 0. The predicted molar refractivity (Wildman–Crippen MR) is 101 cm³/mol. The first-order valence-electron chi connectivity index (χ1n) is 8.45. The highest BCUT2D eigenvalue weighted by atomic mass is 16.1. The normalized spacial score (nSPS) is 11.5. The van der Waals surface area contributed by atoms with E-state index in [1.54, 1.807) is 16.1 Å². The number of aromatic nitrogens is 7. The maximum Gasteiger partial charge on any atom is 0.198 e. The number of fused-ring (bicyclic) bond motifs is 2. The highest BCUT2D eigenvalue weighted by Gasteiger charge is 2.15. The number of nitrogens with zero attached hydrogens (tertiary/aromatic N) is 6. The number of para-hydroxylation sites is 1. The van der Waals surface area contributed by atoms with Gasteiger partial charge >= 0.3 is 0 Å². The molecule has 0 bridgehead atoms. The Morgan fingerprint density at radius 1 is 1.07 bits per heavy atom. The molecule has 0 aliphatic heterocycles. The van der Waals surface area contributed by atoms with E-state index in [1.807, 2.05) is 55.8 Å². The van der Waals surface area contributed by atoms with E-state index in [2.05, 4.69) is 25.4 Å². The molecule has 1 N–H and O–H groups in total. The third-order valence-electron chi connectivity index (χ3n) is 4.60. The number of hydrogen-bond donors (Lipinski definition) is 1. The van der Waals surface area contributed by atoms with Gasteiger partial charge < -0.3 is 4.98 Å². The molecule has 5 rings (SSSR count). The first-order chi connectivity index (χ1) is 13.1. The van der Waals surface area contributed by atoms with Gasteiger partial charge in [-0.3, -0.25) is 9.48 Å². The second-order valence-corrected chi connectivity index (χ2v) is 6.43. The van der Waals surface area contributed by atoms with Gasteiger partial charge in [0.15, 0.2) is 16.9 Å². The Balaban J connectivity index is 1.69. The van der Waals surface area contributed by atoms with Gasteiger partial charge in [0.25, 0.3) is 0 Å². The summed E-state index contributed by atoms with van der Waals surface area (Å²) in [4.78, 5) is 20.6. The molecular formula is C19H15N7O. The molecule has 0 fully saturated rings. The summed E-state index contributed by atoms with van der Waals surface area (Å²) in [7, 11) is 1.82. The Morgan fingerprint density at radius 3 is 2.74 bits per heavy atom. The molecule has 27 heavy (non-hydrogen) atoms. The van der Waals surface area contributed by atoms with Crippen LogP contribution in [0.15, 0.2) is 53.6 Å². The third kappa shape index (κ3) is 2.42. The van der Waals surface area contributed by atoms with Crippen molar-refractivity contribution in [1.29, 1.82) is 0 Å². The smallest absolute Gasteiger partial charge is 0.198 e. The predicted octanol–water partition coefficient (Wildman–Crippen LogP) is 2.34. The minimum Gasteiger partial charge on any atom is -0.351 e. The number of aryl methyl sites for hydroxylation is 1. The number of hydrogen-bond acceptors (Lipinski definition) is 5. The average molecular weight is 357 g/mol. The van der Waals surface area contributed by atoms with E-state index in [0.29, 0.717) is 28.1 Å². The van der Waals surface area contributed by atoms with Crippen molar-refractivity contribution in [2.45, 2.75) is 6.92 Å². The van der Waals surface area contributed by atoms with E-state index in [1.165, 1.54) is 0 Å². The van der Waals surface area contributed by atoms with Gasteiger partial charge in [-0.2, -0.15) is 0 Å².